The number of rotatable bonds is 5. The molecule has 2 rings (SSSR count). The number of carbonyl (C=O) groups is 1. The van der Waals surface area contributed by atoms with Crippen LogP contribution in [0.2, 0.25) is 0 Å². The molecule has 0 aliphatic carbocycles. The quantitative estimate of drug-likeness (QED) is 0.830. The lowest BCUT2D eigenvalue weighted by Gasteiger charge is -2.33. The first kappa shape index (κ1) is 16.7. The molecule has 1 N–H and O–H groups in total. The van der Waals surface area contributed by atoms with Gasteiger partial charge in [-0.05, 0) is 25.7 Å². The van der Waals surface area contributed by atoms with Crippen molar-refractivity contribution in [2.75, 3.05) is 45.9 Å². The van der Waals surface area contributed by atoms with Gasteiger partial charge in [0.05, 0.1) is 25.9 Å². The van der Waals surface area contributed by atoms with Crippen LogP contribution in [-0.4, -0.2) is 72.9 Å². The van der Waals surface area contributed by atoms with Crippen molar-refractivity contribution in [3.05, 3.63) is 0 Å². The molecule has 2 fully saturated rings. The highest BCUT2D eigenvalue weighted by molar-refractivity contribution is 5.78. The number of likely N-dealkylation sites (tertiary alicyclic amines) is 2. The Morgan fingerprint density at radius 2 is 1.62 bits per heavy atom. The molecule has 21 heavy (non-hydrogen) atoms. The molecule has 0 radical (unpaired) electrons. The van der Waals surface area contributed by atoms with E-state index in [1.54, 1.807) is 0 Å². The van der Waals surface area contributed by atoms with Crippen LogP contribution in [0.4, 0.5) is 0 Å². The monoisotopic (exact) mass is 298 g/mol. The SMILES string of the molecule is O=C(CN1CCC(OCCO)CC1)N1CCCCCCC1. The van der Waals surface area contributed by atoms with Crippen LogP contribution in [0, 0.1) is 0 Å². The summed E-state index contributed by atoms with van der Waals surface area (Å²) in [4.78, 5) is 16.7. The third-order valence-electron chi connectivity index (χ3n) is 4.55. The molecule has 5 nitrogen and oxygen atoms in total. The van der Waals surface area contributed by atoms with Crippen LogP contribution in [0.1, 0.15) is 44.9 Å². The lowest BCUT2D eigenvalue weighted by molar-refractivity contribution is -0.133. The maximum absolute atomic E-state index is 12.4. The van der Waals surface area contributed by atoms with E-state index in [1.165, 1.54) is 19.3 Å². The Morgan fingerprint density at radius 1 is 1.00 bits per heavy atom. The fourth-order valence-corrected chi connectivity index (χ4v) is 3.24. The average molecular weight is 298 g/mol. The number of aliphatic hydroxyl groups excluding tert-OH is 1. The number of hydrogen-bond acceptors (Lipinski definition) is 4. The number of aliphatic hydroxyl groups is 1. The Morgan fingerprint density at radius 3 is 2.24 bits per heavy atom. The average Bonchev–Trinajstić information content (AvgIpc) is 2.46. The molecule has 0 bridgehead atoms. The van der Waals surface area contributed by atoms with Gasteiger partial charge in [-0.2, -0.15) is 0 Å². The summed E-state index contributed by atoms with van der Waals surface area (Å²) >= 11 is 0. The smallest absolute Gasteiger partial charge is 0.236 e. The van der Waals surface area contributed by atoms with Gasteiger partial charge in [-0.15, -0.1) is 0 Å². The van der Waals surface area contributed by atoms with Gasteiger partial charge in [0, 0.05) is 26.2 Å². The summed E-state index contributed by atoms with van der Waals surface area (Å²) in [6.07, 6.45) is 8.34. The first-order valence-corrected chi connectivity index (χ1v) is 8.52. The molecule has 5 heteroatoms. The van der Waals surface area contributed by atoms with E-state index in [1.807, 2.05) is 0 Å². The van der Waals surface area contributed by atoms with Crippen LogP contribution in [0.5, 0.6) is 0 Å². The third kappa shape index (κ3) is 5.93. The Balaban J connectivity index is 1.68. The maximum atomic E-state index is 12.4. The normalized spacial score (nSPS) is 22.8. The molecule has 2 aliphatic heterocycles. The van der Waals surface area contributed by atoms with Crippen LogP contribution in [-0.2, 0) is 9.53 Å². The minimum atomic E-state index is 0.0909. The van der Waals surface area contributed by atoms with Crippen LogP contribution >= 0.6 is 0 Å². The summed E-state index contributed by atoms with van der Waals surface area (Å²) in [5.41, 5.74) is 0. The van der Waals surface area contributed by atoms with Crippen LogP contribution in [0.25, 0.3) is 0 Å². The van der Waals surface area contributed by atoms with Crippen molar-refractivity contribution in [1.29, 1.82) is 0 Å². The molecule has 2 aliphatic rings. The summed E-state index contributed by atoms with van der Waals surface area (Å²) < 4.78 is 5.56. The summed E-state index contributed by atoms with van der Waals surface area (Å²) in [5.74, 6) is 0.298. The molecule has 122 valence electrons. The molecule has 0 aromatic carbocycles. The zero-order valence-corrected chi connectivity index (χ0v) is 13.1. The number of amides is 1. The molecule has 0 aromatic rings. The zero-order valence-electron chi connectivity index (χ0n) is 13.1. The molecular weight excluding hydrogens is 268 g/mol. The van der Waals surface area contributed by atoms with Crippen LogP contribution < -0.4 is 0 Å². The molecule has 0 spiro atoms. The third-order valence-corrected chi connectivity index (χ3v) is 4.55. The van der Waals surface area contributed by atoms with E-state index in [0.29, 0.717) is 19.1 Å². The minimum Gasteiger partial charge on any atom is -0.394 e. The van der Waals surface area contributed by atoms with Gasteiger partial charge in [0.25, 0.3) is 0 Å². The first-order valence-electron chi connectivity index (χ1n) is 8.52. The lowest BCUT2D eigenvalue weighted by atomic mass is 10.1. The zero-order chi connectivity index (χ0) is 14.9. The van der Waals surface area contributed by atoms with Crippen molar-refractivity contribution in [2.45, 2.75) is 51.0 Å². The second kappa shape index (κ2) is 9.38. The Hall–Kier alpha value is -0.650. The molecule has 2 heterocycles. The second-order valence-corrected chi connectivity index (χ2v) is 6.22. The number of carbonyl (C=O) groups excluding carboxylic acids is 1. The topological polar surface area (TPSA) is 53.0 Å². The van der Waals surface area contributed by atoms with E-state index in [0.717, 1.165) is 51.9 Å². The highest BCUT2D eigenvalue weighted by Gasteiger charge is 2.23. The van der Waals surface area contributed by atoms with E-state index in [2.05, 4.69) is 9.80 Å². The highest BCUT2D eigenvalue weighted by Crippen LogP contribution is 2.15. The van der Waals surface area contributed by atoms with Crippen LogP contribution in [0.15, 0.2) is 0 Å². The van der Waals surface area contributed by atoms with Crippen molar-refractivity contribution in [3.63, 3.8) is 0 Å². The Labute approximate surface area is 128 Å². The predicted octanol–water partition coefficient (Wildman–Crippen LogP) is 1.25. The van der Waals surface area contributed by atoms with Gasteiger partial charge in [0.1, 0.15) is 0 Å². The fraction of sp³-hybridized carbons (Fsp3) is 0.938. The van der Waals surface area contributed by atoms with E-state index in [-0.39, 0.29) is 12.7 Å². The fourth-order valence-electron chi connectivity index (χ4n) is 3.24. The number of hydrogen-bond donors (Lipinski definition) is 1. The number of piperidine rings is 1. The van der Waals surface area contributed by atoms with Gasteiger partial charge in [-0.1, -0.05) is 19.3 Å². The van der Waals surface area contributed by atoms with Crippen molar-refractivity contribution < 1.29 is 14.6 Å². The molecule has 1 amide bonds. The van der Waals surface area contributed by atoms with Gasteiger partial charge < -0.3 is 14.7 Å². The number of nitrogens with zero attached hydrogens (tertiary/aromatic N) is 2. The minimum absolute atomic E-state index is 0.0909. The van der Waals surface area contributed by atoms with Gasteiger partial charge in [-0.25, -0.2) is 0 Å². The van der Waals surface area contributed by atoms with Crippen molar-refractivity contribution in [2.24, 2.45) is 0 Å². The highest BCUT2D eigenvalue weighted by atomic mass is 16.5. The molecule has 0 unspecified atom stereocenters. The summed E-state index contributed by atoms with van der Waals surface area (Å²) in [5, 5.41) is 8.77. The molecule has 0 saturated carbocycles. The summed E-state index contributed by atoms with van der Waals surface area (Å²) in [6.45, 7) is 4.81. The van der Waals surface area contributed by atoms with E-state index < -0.39 is 0 Å². The lowest BCUT2D eigenvalue weighted by Crippen LogP contribution is -2.45. The molecule has 0 atom stereocenters. The summed E-state index contributed by atoms with van der Waals surface area (Å²) in [6, 6.07) is 0. The van der Waals surface area contributed by atoms with Crippen LogP contribution in [0.3, 0.4) is 0 Å². The van der Waals surface area contributed by atoms with Gasteiger partial charge >= 0.3 is 0 Å². The van der Waals surface area contributed by atoms with E-state index in [4.69, 9.17) is 9.84 Å². The first-order chi connectivity index (χ1) is 10.3. The van der Waals surface area contributed by atoms with Gasteiger partial charge in [-0.3, -0.25) is 9.69 Å². The molecule has 0 aromatic heterocycles. The standard InChI is InChI=1S/C16H30N2O3/c19-12-13-21-15-6-10-17(11-7-15)14-16(20)18-8-4-2-1-3-5-9-18/h15,19H,1-14H2. The number of ether oxygens (including phenoxy) is 1. The largest absolute Gasteiger partial charge is 0.394 e. The second-order valence-electron chi connectivity index (χ2n) is 6.22. The van der Waals surface area contributed by atoms with Gasteiger partial charge in [0.2, 0.25) is 5.91 Å². The Bertz CT molecular complexity index is 296. The Kier molecular flexibility index (Phi) is 7.47. The maximum Gasteiger partial charge on any atom is 0.236 e. The predicted molar refractivity (Wildman–Crippen MR) is 82.2 cm³/mol. The van der Waals surface area contributed by atoms with E-state index >= 15 is 0 Å². The molecular formula is C16H30N2O3. The van der Waals surface area contributed by atoms with Crippen molar-refractivity contribution >= 4 is 5.91 Å². The summed E-state index contributed by atoms with van der Waals surface area (Å²) in [7, 11) is 0. The van der Waals surface area contributed by atoms with Gasteiger partial charge in [0.15, 0.2) is 0 Å². The van der Waals surface area contributed by atoms with E-state index in [9.17, 15) is 4.79 Å². The molecule has 2 saturated heterocycles. The van der Waals surface area contributed by atoms with Crippen molar-refractivity contribution in [3.8, 4) is 0 Å². The van der Waals surface area contributed by atoms with Crippen molar-refractivity contribution in [1.82, 2.24) is 9.80 Å².